The Bertz CT molecular complexity index is 384. The maximum absolute atomic E-state index is 11.5. The first-order chi connectivity index (χ1) is 8.72. The molecule has 0 heterocycles. The lowest BCUT2D eigenvalue weighted by atomic mass is 10.1. The summed E-state index contributed by atoms with van der Waals surface area (Å²) in [7, 11) is 1.69. The Morgan fingerprint density at radius 3 is 2.56 bits per heavy atom. The molecule has 0 amide bonds. The quantitative estimate of drug-likeness (QED) is 0.522. The zero-order valence-electron chi connectivity index (χ0n) is 11.2. The van der Waals surface area contributed by atoms with E-state index in [1.807, 2.05) is 37.3 Å². The highest BCUT2D eigenvalue weighted by Crippen LogP contribution is 2.16. The molecular formula is C15H21NO2. The van der Waals surface area contributed by atoms with E-state index >= 15 is 0 Å². The van der Waals surface area contributed by atoms with Gasteiger partial charge in [-0.25, -0.2) is 0 Å². The molecule has 0 bridgehead atoms. The molecule has 0 fully saturated rings. The van der Waals surface area contributed by atoms with Gasteiger partial charge in [-0.15, -0.1) is 6.58 Å². The number of hydrogen-bond acceptors (Lipinski definition) is 3. The Labute approximate surface area is 109 Å². The van der Waals surface area contributed by atoms with E-state index in [1.165, 1.54) is 0 Å². The van der Waals surface area contributed by atoms with Gasteiger partial charge in [-0.3, -0.25) is 4.79 Å². The molecule has 0 unspecified atom stereocenters. The summed E-state index contributed by atoms with van der Waals surface area (Å²) in [6, 6.07) is 7.71. The van der Waals surface area contributed by atoms with E-state index < -0.39 is 0 Å². The Morgan fingerprint density at radius 2 is 2.06 bits per heavy atom. The number of rotatable bonds is 8. The Hall–Kier alpha value is -1.61. The normalized spacial score (nSPS) is 10.1. The van der Waals surface area contributed by atoms with E-state index in [0.29, 0.717) is 13.0 Å². The lowest BCUT2D eigenvalue weighted by Crippen LogP contribution is -2.27. The monoisotopic (exact) mass is 247 g/mol. The Kier molecular flexibility index (Phi) is 6.15. The van der Waals surface area contributed by atoms with Gasteiger partial charge < -0.3 is 9.64 Å². The van der Waals surface area contributed by atoms with Crippen molar-refractivity contribution < 1.29 is 9.53 Å². The lowest BCUT2D eigenvalue weighted by molar-refractivity contribution is 0.0988. The molecule has 18 heavy (non-hydrogen) atoms. The molecule has 0 saturated heterocycles. The highest BCUT2D eigenvalue weighted by Gasteiger charge is 2.06. The van der Waals surface area contributed by atoms with Crippen molar-refractivity contribution in [3.05, 3.63) is 42.5 Å². The summed E-state index contributed by atoms with van der Waals surface area (Å²) in [5, 5.41) is 0. The molecule has 98 valence electrons. The van der Waals surface area contributed by atoms with Crippen LogP contribution in [0.3, 0.4) is 0 Å². The van der Waals surface area contributed by atoms with Crippen LogP contribution >= 0.6 is 0 Å². The minimum Gasteiger partial charge on any atom is -0.383 e. The molecule has 0 aromatic heterocycles. The Balaban J connectivity index is 2.79. The van der Waals surface area contributed by atoms with Crippen LogP contribution in [0.5, 0.6) is 0 Å². The van der Waals surface area contributed by atoms with Gasteiger partial charge in [-0.05, 0) is 24.3 Å². The van der Waals surface area contributed by atoms with Crippen molar-refractivity contribution in [3.63, 3.8) is 0 Å². The van der Waals surface area contributed by atoms with E-state index in [-0.39, 0.29) is 5.78 Å². The van der Waals surface area contributed by atoms with E-state index in [2.05, 4.69) is 11.5 Å². The molecule has 3 heteroatoms. The minimum absolute atomic E-state index is 0.175. The molecule has 1 aromatic rings. The second kappa shape index (κ2) is 7.67. The van der Waals surface area contributed by atoms with Crippen LogP contribution in [0.25, 0.3) is 0 Å². The third-order valence-electron chi connectivity index (χ3n) is 2.79. The lowest BCUT2D eigenvalue weighted by Gasteiger charge is -2.23. The van der Waals surface area contributed by atoms with Crippen LogP contribution in [0.1, 0.15) is 23.7 Å². The van der Waals surface area contributed by atoms with Crippen LogP contribution in [0.4, 0.5) is 5.69 Å². The second-order valence-corrected chi connectivity index (χ2v) is 4.05. The standard InChI is InChI=1S/C15H21NO2/c1-4-10-16(11-12-18-3)14-8-6-13(7-9-14)15(17)5-2/h4,6-9H,1,5,10-12H2,2-3H3. The maximum Gasteiger partial charge on any atom is 0.162 e. The number of anilines is 1. The first kappa shape index (κ1) is 14.5. The largest absolute Gasteiger partial charge is 0.383 e. The van der Waals surface area contributed by atoms with Crippen LogP contribution in [0.15, 0.2) is 36.9 Å². The first-order valence-electron chi connectivity index (χ1n) is 6.21. The minimum atomic E-state index is 0.175. The SMILES string of the molecule is C=CCN(CCOC)c1ccc(C(=O)CC)cc1. The summed E-state index contributed by atoms with van der Waals surface area (Å²) < 4.78 is 5.09. The van der Waals surface area contributed by atoms with Gasteiger partial charge in [0.25, 0.3) is 0 Å². The van der Waals surface area contributed by atoms with Crippen molar-refractivity contribution >= 4 is 11.5 Å². The van der Waals surface area contributed by atoms with Gasteiger partial charge in [0.05, 0.1) is 6.61 Å². The smallest absolute Gasteiger partial charge is 0.162 e. The predicted molar refractivity (Wildman–Crippen MR) is 75.3 cm³/mol. The van der Waals surface area contributed by atoms with E-state index in [1.54, 1.807) is 7.11 Å². The van der Waals surface area contributed by atoms with Crippen molar-refractivity contribution in [2.75, 3.05) is 31.7 Å². The fourth-order valence-electron chi connectivity index (χ4n) is 1.75. The predicted octanol–water partition coefficient (Wildman–Crippen LogP) is 2.92. The molecule has 0 aliphatic heterocycles. The summed E-state index contributed by atoms with van der Waals surface area (Å²) in [4.78, 5) is 13.7. The fraction of sp³-hybridized carbons (Fsp3) is 0.400. The summed E-state index contributed by atoms with van der Waals surface area (Å²) in [6.45, 7) is 7.88. The molecule has 3 nitrogen and oxygen atoms in total. The molecule has 0 N–H and O–H groups in total. The van der Waals surface area contributed by atoms with Crippen LogP contribution in [-0.4, -0.2) is 32.6 Å². The molecule has 0 aliphatic rings. The highest BCUT2D eigenvalue weighted by molar-refractivity contribution is 5.96. The molecule has 1 aromatic carbocycles. The van der Waals surface area contributed by atoms with E-state index in [9.17, 15) is 4.79 Å². The molecule has 0 atom stereocenters. The molecule has 1 rings (SSSR count). The fourth-order valence-corrected chi connectivity index (χ4v) is 1.75. The third kappa shape index (κ3) is 4.00. The zero-order chi connectivity index (χ0) is 13.4. The molecule has 0 aliphatic carbocycles. The van der Waals surface area contributed by atoms with Gasteiger partial charge in [-0.1, -0.05) is 13.0 Å². The average Bonchev–Trinajstić information content (AvgIpc) is 2.43. The van der Waals surface area contributed by atoms with Gasteiger partial charge >= 0.3 is 0 Å². The summed E-state index contributed by atoms with van der Waals surface area (Å²) in [5.74, 6) is 0.175. The Morgan fingerprint density at radius 1 is 1.39 bits per heavy atom. The first-order valence-corrected chi connectivity index (χ1v) is 6.21. The number of ether oxygens (including phenoxy) is 1. The number of methoxy groups -OCH3 is 1. The second-order valence-electron chi connectivity index (χ2n) is 4.05. The highest BCUT2D eigenvalue weighted by atomic mass is 16.5. The van der Waals surface area contributed by atoms with Crippen LogP contribution < -0.4 is 4.90 Å². The van der Waals surface area contributed by atoms with Crippen molar-refractivity contribution in [1.82, 2.24) is 0 Å². The summed E-state index contributed by atoms with van der Waals surface area (Å²) >= 11 is 0. The number of ketones is 1. The number of benzene rings is 1. The van der Waals surface area contributed by atoms with Crippen LogP contribution in [0, 0.1) is 0 Å². The van der Waals surface area contributed by atoms with Crippen molar-refractivity contribution in [1.29, 1.82) is 0 Å². The number of carbonyl (C=O) groups excluding carboxylic acids is 1. The average molecular weight is 247 g/mol. The summed E-state index contributed by atoms with van der Waals surface area (Å²) in [6.07, 6.45) is 2.40. The van der Waals surface area contributed by atoms with Gasteiger partial charge in [0, 0.05) is 37.9 Å². The topological polar surface area (TPSA) is 29.5 Å². The van der Waals surface area contributed by atoms with Gasteiger partial charge in [-0.2, -0.15) is 0 Å². The molecule has 0 spiro atoms. The number of hydrogen-bond donors (Lipinski definition) is 0. The van der Waals surface area contributed by atoms with E-state index in [0.717, 1.165) is 24.3 Å². The van der Waals surface area contributed by atoms with Crippen molar-refractivity contribution in [2.45, 2.75) is 13.3 Å². The summed E-state index contributed by atoms with van der Waals surface area (Å²) in [5.41, 5.74) is 1.85. The van der Waals surface area contributed by atoms with Gasteiger partial charge in [0.15, 0.2) is 5.78 Å². The zero-order valence-corrected chi connectivity index (χ0v) is 11.2. The number of carbonyl (C=O) groups is 1. The van der Waals surface area contributed by atoms with Crippen molar-refractivity contribution in [3.8, 4) is 0 Å². The van der Waals surface area contributed by atoms with Crippen LogP contribution in [-0.2, 0) is 4.74 Å². The van der Waals surface area contributed by atoms with Gasteiger partial charge in [0.2, 0.25) is 0 Å². The molecular weight excluding hydrogens is 226 g/mol. The molecule has 0 radical (unpaired) electrons. The number of Topliss-reactive ketones (excluding diaryl/α,β-unsaturated/α-hetero) is 1. The third-order valence-corrected chi connectivity index (χ3v) is 2.79. The number of nitrogens with zero attached hydrogens (tertiary/aromatic N) is 1. The van der Waals surface area contributed by atoms with Crippen molar-refractivity contribution in [2.24, 2.45) is 0 Å². The molecule has 0 saturated carbocycles. The van der Waals surface area contributed by atoms with E-state index in [4.69, 9.17) is 4.74 Å². The van der Waals surface area contributed by atoms with Gasteiger partial charge in [0.1, 0.15) is 0 Å². The maximum atomic E-state index is 11.5. The van der Waals surface area contributed by atoms with Crippen LogP contribution in [0.2, 0.25) is 0 Å².